The molecule has 1 aromatic rings. The second kappa shape index (κ2) is 5.20. The second-order valence-corrected chi connectivity index (χ2v) is 4.83. The summed E-state index contributed by atoms with van der Waals surface area (Å²) in [6.45, 7) is 4.77. The summed E-state index contributed by atoms with van der Waals surface area (Å²) in [4.78, 5) is 26.2. The van der Waals surface area contributed by atoms with Gasteiger partial charge in [-0.1, -0.05) is 6.92 Å². The first kappa shape index (κ1) is 14.4. The standard InChI is InChI=1S/C12H16FN3O4/c1-5-9(20-7(3)17)6(2)19-11(5)16-4-8(13)10(14)15-12(16)18/h4-6,9,11H,1-3H3,(H2,14,15,18)/t5-,6-,9+,11-/m1/s1. The number of carbonyl (C=O) groups is 1. The Morgan fingerprint density at radius 1 is 1.55 bits per heavy atom. The zero-order chi connectivity index (χ0) is 15.0. The van der Waals surface area contributed by atoms with E-state index in [9.17, 15) is 14.0 Å². The average molecular weight is 285 g/mol. The van der Waals surface area contributed by atoms with Crippen LogP contribution < -0.4 is 11.4 Å². The SMILES string of the molecule is CC(=O)O[C@H]1[C@@H](C)[C@H](n2cc(F)c(N)nc2=O)O[C@@H]1C. The van der Waals surface area contributed by atoms with Crippen molar-refractivity contribution in [1.29, 1.82) is 0 Å². The summed E-state index contributed by atoms with van der Waals surface area (Å²) in [5.74, 6) is -2.02. The third-order valence-corrected chi connectivity index (χ3v) is 3.30. The van der Waals surface area contributed by atoms with Crippen molar-refractivity contribution in [2.75, 3.05) is 5.73 Å². The molecule has 8 heteroatoms. The first-order valence-corrected chi connectivity index (χ1v) is 6.18. The molecule has 0 bridgehead atoms. The van der Waals surface area contributed by atoms with E-state index in [0.29, 0.717) is 0 Å². The maximum atomic E-state index is 13.5. The van der Waals surface area contributed by atoms with Gasteiger partial charge in [-0.15, -0.1) is 0 Å². The lowest BCUT2D eigenvalue weighted by Gasteiger charge is -2.20. The Morgan fingerprint density at radius 2 is 2.20 bits per heavy atom. The van der Waals surface area contributed by atoms with Gasteiger partial charge in [-0.05, 0) is 6.92 Å². The molecule has 1 aliphatic heterocycles. The molecule has 20 heavy (non-hydrogen) atoms. The summed E-state index contributed by atoms with van der Waals surface area (Å²) >= 11 is 0. The molecule has 1 aromatic heterocycles. The third kappa shape index (κ3) is 2.51. The third-order valence-electron chi connectivity index (χ3n) is 3.30. The van der Waals surface area contributed by atoms with Crippen molar-refractivity contribution in [2.45, 2.75) is 39.2 Å². The monoisotopic (exact) mass is 285 g/mol. The number of anilines is 1. The Balaban J connectivity index is 2.33. The van der Waals surface area contributed by atoms with Gasteiger partial charge in [-0.2, -0.15) is 4.98 Å². The molecule has 7 nitrogen and oxygen atoms in total. The Labute approximate surface area is 114 Å². The van der Waals surface area contributed by atoms with Gasteiger partial charge in [0.05, 0.1) is 12.3 Å². The number of aromatic nitrogens is 2. The number of hydrogen-bond donors (Lipinski definition) is 1. The number of nitrogens with two attached hydrogens (primary N) is 1. The fraction of sp³-hybridized carbons (Fsp3) is 0.583. The highest BCUT2D eigenvalue weighted by Gasteiger charge is 2.43. The minimum absolute atomic E-state index is 0.323. The van der Waals surface area contributed by atoms with Crippen LogP contribution in [0.15, 0.2) is 11.0 Å². The summed E-state index contributed by atoms with van der Waals surface area (Å²) in [5.41, 5.74) is 4.52. The van der Waals surface area contributed by atoms with E-state index < -0.39 is 41.7 Å². The normalized spacial score (nSPS) is 29.4. The van der Waals surface area contributed by atoms with Crippen molar-refractivity contribution in [3.8, 4) is 0 Å². The van der Waals surface area contributed by atoms with E-state index in [0.717, 1.165) is 10.8 Å². The zero-order valence-corrected chi connectivity index (χ0v) is 11.4. The molecule has 110 valence electrons. The van der Waals surface area contributed by atoms with E-state index in [1.165, 1.54) is 6.92 Å². The first-order chi connectivity index (χ1) is 9.31. The summed E-state index contributed by atoms with van der Waals surface area (Å²) < 4.78 is 25.2. The summed E-state index contributed by atoms with van der Waals surface area (Å²) in [7, 11) is 0. The van der Waals surface area contributed by atoms with Crippen LogP contribution in [-0.2, 0) is 14.3 Å². The Hall–Kier alpha value is -1.96. The summed E-state index contributed by atoms with van der Waals surface area (Å²) in [6.07, 6.45) is -0.727. The van der Waals surface area contributed by atoms with E-state index in [1.807, 2.05) is 0 Å². The largest absolute Gasteiger partial charge is 0.459 e. The minimum atomic E-state index is -0.802. The van der Waals surface area contributed by atoms with Crippen molar-refractivity contribution in [2.24, 2.45) is 5.92 Å². The van der Waals surface area contributed by atoms with Gasteiger partial charge < -0.3 is 15.2 Å². The van der Waals surface area contributed by atoms with Crippen LogP contribution in [0.5, 0.6) is 0 Å². The van der Waals surface area contributed by atoms with Gasteiger partial charge in [0.25, 0.3) is 0 Å². The van der Waals surface area contributed by atoms with Gasteiger partial charge in [0.15, 0.2) is 11.6 Å². The molecular weight excluding hydrogens is 269 g/mol. The number of esters is 1. The molecule has 2 rings (SSSR count). The van der Waals surface area contributed by atoms with E-state index in [2.05, 4.69) is 4.98 Å². The molecule has 1 aliphatic rings. The van der Waals surface area contributed by atoms with Crippen LogP contribution in [0.4, 0.5) is 10.2 Å². The highest BCUT2D eigenvalue weighted by Crippen LogP contribution is 2.35. The maximum absolute atomic E-state index is 13.5. The Kier molecular flexibility index (Phi) is 3.76. The average Bonchev–Trinajstić information content (AvgIpc) is 2.61. The van der Waals surface area contributed by atoms with Gasteiger partial charge in [0.1, 0.15) is 12.3 Å². The molecule has 4 atom stereocenters. The van der Waals surface area contributed by atoms with Crippen LogP contribution in [0.25, 0.3) is 0 Å². The van der Waals surface area contributed by atoms with Crippen molar-refractivity contribution < 1.29 is 18.7 Å². The molecule has 0 saturated carbocycles. The smallest absolute Gasteiger partial charge is 0.351 e. The molecule has 0 spiro atoms. The van der Waals surface area contributed by atoms with Gasteiger partial charge in [-0.3, -0.25) is 9.36 Å². The molecule has 2 heterocycles. The first-order valence-electron chi connectivity index (χ1n) is 6.18. The number of nitrogens with zero attached hydrogens (tertiary/aromatic N) is 2. The van der Waals surface area contributed by atoms with Crippen LogP contribution in [0.1, 0.15) is 27.0 Å². The molecule has 1 fully saturated rings. The van der Waals surface area contributed by atoms with E-state index in [-0.39, 0.29) is 5.92 Å². The molecule has 0 amide bonds. The quantitative estimate of drug-likeness (QED) is 0.792. The molecule has 2 N–H and O–H groups in total. The van der Waals surface area contributed by atoms with Crippen molar-refractivity contribution in [3.63, 3.8) is 0 Å². The number of carbonyl (C=O) groups excluding carboxylic acids is 1. The van der Waals surface area contributed by atoms with Crippen LogP contribution in [0.3, 0.4) is 0 Å². The van der Waals surface area contributed by atoms with Crippen LogP contribution in [-0.4, -0.2) is 27.7 Å². The molecule has 0 radical (unpaired) electrons. The molecule has 0 aliphatic carbocycles. The van der Waals surface area contributed by atoms with E-state index >= 15 is 0 Å². The predicted octanol–water partition coefficient (Wildman–Crippen LogP) is 0.450. The van der Waals surface area contributed by atoms with Crippen molar-refractivity contribution in [1.82, 2.24) is 9.55 Å². The van der Waals surface area contributed by atoms with Crippen LogP contribution >= 0.6 is 0 Å². The lowest BCUT2D eigenvalue weighted by Crippen LogP contribution is -2.33. The molecule has 0 unspecified atom stereocenters. The summed E-state index contributed by atoms with van der Waals surface area (Å²) in [6, 6.07) is 0. The predicted molar refractivity (Wildman–Crippen MR) is 67.2 cm³/mol. The lowest BCUT2D eigenvalue weighted by molar-refractivity contribution is -0.150. The topological polar surface area (TPSA) is 96.4 Å². The van der Waals surface area contributed by atoms with E-state index in [1.54, 1.807) is 13.8 Å². The molecule has 0 aromatic carbocycles. The van der Waals surface area contributed by atoms with E-state index in [4.69, 9.17) is 15.2 Å². The number of hydrogen-bond acceptors (Lipinski definition) is 6. The second-order valence-electron chi connectivity index (χ2n) is 4.83. The maximum Gasteiger partial charge on any atom is 0.351 e. The zero-order valence-electron chi connectivity index (χ0n) is 11.4. The highest BCUT2D eigenvalue weighted by atomic mass is 19.1. The van der Waals surface area contributed by atoms with Crippen LogP contribution in [0, 0.1) is 11.7 Å². The molecule has 1 saturated heterocycles. The number of rotatable bonds is 2. The van der Waals surface area contributed by atoms with Gasteiger partial charge in [-0.25, -0.2) is 9.18 Å². The number of ether oxygens (including phenoxy) is 2. The number of nitrogen functional groups attached to an aromatic ring is 1. The van der Waals surface area contributed by atoms with Gasteiger partial charge >= 0.3 is 11.7 Å². The molecular formula is C12H16FN3O4. The Morgan fingerprint density at radius 3 is 2.80 bits per heavy atom. The Bertz CT molecular complexity index is 589. The van der Waals surface area contributed by atoms with Crippen LogP contribution in [0.2, 0.25) is 0 Å². The fourth-order valence-electron chi connectivity index (χ4n) is 2.36. The minimum Gasteiger partial charge on any atom is -0.459 e. The fourth-order valence-corrected chi connectivity index (χ4v) is 2.36. The van der Waals surface area contributed by atoms with Crippen molar-refractivity contribution >= 4 is 11.8 Å². The highest BCUT2D eigenvalue weighted by molar-refractivity contribution is 5.66. The van der Waals surface area contributed by atoms with Gasteiger partial charge in [0.2, 0.25) is 0 Å². The number of halogens is 1. The van der Waals surface area contributed by atoms with Gasteiger partial charge in [0, 0.05) is 12.8 Å². The lowest BCUT2D eigenvalue weighted by atomic mass is 10.0. The summed E-state index contributed by atoms with van der Waals surface area (Å²) in [5, 5.41) is 0. The van der Waals surface area contributed by atoms with Crippen molar-refractivity contribution in [3.05, 3.63) is 22.5 Å².